The van der Waals surface area contributed by atoms with Crippen LogP contribution >= 0.6 is 0 Å². The second-order valence-electron chi connectivity index (χ2n) is 3.27. The fraction of sp³-hybridized carbons (Fsp3) is 0. The molecule has 2 aromatic heterocycles. The smallest absolute Gasteiger partial charge is 0.303 e. The van der Waals surface area contributed by atoms with Crippen molar-refractivity contribution in [2.45, 2.75) is 0 Å². The molecule has 0 N–H and O–H groups in total. The van der Waals surface area contributed by atoms with Gasteiger partial charge in [-0.2, -0.15) is 0 Å². The second kappa shape index (κ2) is 3.20. The highest BCUT2D eigenvalue weighted by Crippen LogP contribution is 2.20. The maximum Gasteiger partial charge on any atom is 0.373 e. The van der Waals surface area contributed by atoms with Crippen LogP contribution in [0.5, 0.6) is 0 Å². The van der Waals surface area contributed by atoms with Gasteiger partial charge >= 0.3 is 5.65 Å². The van der Waals surface area contributed by atoms with Crippen LogP contribution in [-0.2, 0) is 0 Å². The number of benzene rings is 1. The fourth-order valence-electron chi connectivity index (χ4n) is 1.61. The lowest BCUT2D eigenvalue weighted by Gasteiger charge is -1.90. The molecule has 0 saturated carbocycles. The van der Waals surface area contributed by atoms with Gasteiger partial charge in [-0.3, -0.25) is 0 Å². The van der Waals surface area contributed by atoms with Gasteiger partial charge in [0.15, 0.2) is 6.26 Å². The van der Waals surface area contributed by atoms with Gasteiger partial charge in [-0.15, -0.1) is 0 Å². The van der Waals surface area contributed by atoms with E-state index in [1.54, 1.807) is 17.0 Å². The Labute approximate surface area is 86.6 Å². The van der Waals surface area contributed by atoms with E-state index in [-0.39, 0.29) is 0 Å². The van der Waals surface area contributed by atoms with Crippen molar-refractivity contribution in [1.29, 1.82) is 0 Å². The molecule has 0 bridgehead atoms. The van der Waals surface area contributed by atoms with E-state index in [2.05, 4.69) is 4.98 Å². The molecule has 0 spiro atoms. The van der Waals surface area contributed by atoms with Crippen LogP contribution in [0.15, 0.2) is 59.6 Å². The molecule has 3 nitrogen and oxygen atoms in total. The molecule has 0 amide bonds. The first-order valence-corrected chi connectivity index (χ1v) is 4.75. The molecule has 0 aliphatic heterocycles. The lowest BCUT2D eigenvalue weighted by molar-refractivity contribution is -0.718. The standard InChI is InChI=1S/C12H9N2O/c1-2-5-10(6-3-1)11-9-15-14-8-4-7-13-12(11)14/h1-9H/q+1. The number of rotatable bonds is 1. The molecule has 1 aromatic carbocycles. The maximum absolute atomic E-state index is 5.36. The molecule has 0 radical (unpaired) electrons. The summed E-state index contributed by atoms with van der Waals surface area (Å²) in [5.41, 5.74) is 2.96. The van der Waals surface area contributed by atoms with Crippen molar-refractivity contribution in [1.82, 2.24) is 4.98 Å². The zero-order valence-electron chi connectivity index (χ0n) is 8.00. The van der Waals surface area contributed by atoms with Gasteiger partial charge in [-0.05, 0) is 15.1 Å². The van der Waals surface area contributed by atoms with E-state index in [1.807, 2.05) is 42.6 Å². The van der Waals surface area contributed by atoms with Crippen molar-refractivity contribution < 1.29 is 9.10 Å². The summed E-state index contributed by atoms with van der Waals surface area (Å²) in [5.74, 6) is 0. The van der Waals surface area contributed by atoms with Crippen LogP contribution in [0, 0.1) is 0 Å². The highest BCUT2D eigenvalue weighted by atomic mass is 16.5. The second-order valence-corrected chi connectivity index (χ2v) is 3.27. The summed E-state index contributed by atoms with van der Waals surface area (Å²) in [6.45, 7) is 0. The first-order chi connectivity index (χ1) is 7.45. The van der Waals surface area contributed by atoms with Gasteiger partial charge < -0.3 is 4.52 Å². The molecule has 3 aromatic rings. The average Bonchev–Trinajstić information content (AvgIpc) is 2.74. The third-order valence-corrected chi connectivity index (χ3v) is 2.32. The summed E-state index contributed by atoms with van der Waals surface area (Å²) >= 11 is 0. The Morgan fingerprint density at radius 1 is 1.07 bits per heavy atom. The molecule has 2 heterocycles. The molecule has 0 saturated heterocycles. The van der Waals surface area contributed by atoms with Crippen LogP contribution < -0.4 is 4.57 Å². The maximum atomic E-state index is 5.36. The van der Waals surface area contributed by atoms with Gasteiger partial charge in [0.25, 0.3) is 0 Å². The van der Waals surface area contributed by atoms with Gasteiger partial charge in [-0.1, -0.05) is 30.3 Å². The van der Waals surface area contributed by atoms with Crippen LogP contribution in [0.25, 0.3) is 16.8 Å². The Kier molecular flexibility index (Phi) is 1.75. The molecule has 0 fully saturated rings. The first kappa shape index (κ1) is 8.17. The molecule has 0 aliphatic carbocycles. The SMILES string of the molecule is c1ccc(-c2co[n+]3cccnc23)cc1. The van der Waals surface area contributed by atoms with Gasteiger partial charge in [0.2, 0.25) is 0 Å². The van der Waals surface area contributed by atoms with Gasteiger partial charge in [0.1, 0.15) is 18.0 Å². The third-order valence-electron chi connectivity index (χ3n) is 2.32. The lowest BCUT2D eigenvalue weighted by atomic mass is 10.1. The summed E-state index contributed by atoms with van der Waals surface area (Å²) in [5, 5.41) is 0. The molecule has 0 unspecified atom stereocenters. The Bertz CT molecular complexity index is 587. The molecule has 3 heteroatoms. The third kappa shape index (κ3) is 1.29. The molecular weight excluding hydrogens is 188 g/mol. The minimum Gasteiger partial charge on any atom is -0.303 e. The molecule has 0 aliphatic rings. The first-order valence-electron chi connectivity index (χ1n) is 4.75. The van der Waals surface area contributed by atoms with Crippen LogP contribution in [-0.4, -0.2) is 4.98 Å². The topological polar surface area (TPSA) is 30.1 Å². The minimum absolute atomic E-state index is 0.837. The number of nitrogens with zero attached hydrogens (tertiary/aromatic N) is 2. The fourth-order valence-corrected chi connectivity index (χ4v) is 1.61. The van der Waals surface area contributed by atoms with Gasteiger partial charge in [0, 0.05) is 6.07 Å². The molecule has 0 atom stereocenters. The van der Waals surface area contributed by atoms with Gasteiger partial charge in [-0.25, -0.2) is 0 Å². The highest BCUT2D eigenvalue weighted by molar-refractivity contribution is 5.73. The predicted octanol–water partition coefficient (Wildman–Crippen LogP) is 2.08. The van der Waals surface area contributed by atoms with E-state index in [1.165, 1.54) is 0 Å². The predicted molar refractivity (Wildman–Crippen MR) is 55.1 cm³/mol. The summed E-state index contributed by atoms with van der Waals surface area (Å²) in [6, 6.07) is 11.9. The molecule has 15 heavy (non-hydrogen) atoms. The van der Waals surface area contributed by atoms with Crippen LogP contribution in [0.2, 0.25) is 0 Å². The van der Waals surface area contributed by atoms with Crippen molar-refractivity contribution in [2.75, 3.05) is 0 Å². The van der Waals surface area contributed by atoms with Crippen LogP contribution in [0.3, 0.4) is 0 Å². The highest BCUT2D eigenvalue weighted by Gasteiger charge is 2.15. The van der Waals surface area contributed by atoms with Crippen LogP contribution in [0.1, 0.15) is 0 Å². The zero-order chi connectivity index (χ0) is 10.1. The van der Waals surface area contributed by atoms with E-state index in [4.69, 9.17) is 4.52 Å². The minimum atomic E-state index is 0.837. The van der Waals surface area contributed by atoms with Crippen molar-refractivity contribution in [3.63, 3.8) is 0 Å². The lowest BCUT2D eigenvalue weighted by Crippen LogP contribution is -2.17. The quantitative estimate of drug-likeness (QED) is 0.559. The average molecular weight is 197 g/mol. The van der Waals surface area contributed by atoms with Crippen molar-refractivity contribution in [3.05, 3.63) is 55.1 Å². The summed E-state index contributed by atoms with van der Waals surface area (Å²) in [4.78, 5) is 4.29. The Hall–Kier alpha value is -2.16. The molecule has 3 rings (SSSR count). The Morgan fingerprint density at radius 2 is 1.93 bits per heavy atom. The van der Waals surface area contributed by atoms with Crippen LogP contribution in [0.4, 0.5) is 0 Å². The van der Waals surface area contributed by atoms with E-state index < -0.39 is 0 Å². The number of aromatic nitrogens is 2. The number of hydrogen-bond acceptors (Lipinski definition) is 2. The van der Waals surface area contributed by atoms with Crippen molar-refractivity contribution >= 4 is 5.65 Å². The zero-order valence-corrected chi connectivity index (χ0v) is 8.00. The van der Waals surface area contributed by atoms with Gasteiger partial charge in [0.05, 0.1) is 0 Å². The monoisotopic (exact) mass is 197 g/mol. The van der Waals surface area contributed by atoms with E-state index >= 15 is 0 Å². The number of hydrogen-bond donors (Lipinski definition) is 0. The summed E-state index contributed by atoms with van der Waals surface area (Å²) in [7, 11) is 0. The largest absolute Gasteiger partial charge is 0.373 e. The Morgan fingerprint density at radius 3 is 2.80 bits per heavy atom. The van der Waals surface area contributed by atoms with Crippen molar-refractivity contribution in [3.8, 4) is 11.1 Å². The Balaban J connectivity index is 2.28. The summed E-state index contributed by atoms with van der Waals surface area (Å²) in [6.07, 6.45) is 5.32. The van der Waals surface area contributed by atoms with E-state index in [0.717, 1.165) is 16.8 Å². The van der Waals surface area contributed by atoms with E-state index in [9.17, 15) is 0 Å². The normalized spacial score (nSPS) is 10.7. The number of fused-ring (bicyclic) bond motifs is 1. The summed E-state index contributed by atoms with van der Waals surface area (Å²) < 4.78 is 7.01. The van der Waals surface area contributed by atoms with Crippen molar-refractivity contribution in [2.24, 2.45) is 0 Å². The molecular formula is C12H9N2O+. The van der Waals surface area contributed by atoms with E-state index in [0.29, 0.717) is 0 Å². The molecule has 72 valence electrons.